The molecule has 3 heteroatoms. The minimum atomic E-state index is 0.227. The van der Waals surface area contributed by atoms with Gasteiger partial charge in [-0.25, -0.2) is 0 Å². The van der Waals surface area contributed by atoms with Gasteiger partial charge in [-0.05, 0) is 55.9 Å². The van der Waals surface area contributed by atoms with Crippen LogP contribution in [-0.4, -0.2) is 11.8 Å². The Labute approximate surface area is 123 Å². The SMILES string of the molecule is CC(N)Cc1cc(Br)ccc1SCC1CCCC1. The van der Waals surface area contributed by atoms with Crippen LogP contribution in [0.15, 0.2) is 27.6 Å². The lowest BCUT2D eigenvalue weighted by atomic mass is 10.1. The Balaban J connectivity index is 2.00. The van der Waals surface area contributed by atoms with Crippen molar-refractivity contribution in [1.29, 1.82) is 0 Å². The van der Waals surface area contributed by atoms with Crippen molar-refractivity contribution in [1.82, 2.24) is 0 Å². The summed E-state index contributed by atoms with van der Waals surface area (Å²) in [5.74, 6) is 2.20. The molecule has 1 aromatic carbocycles. The molecule has 1 aliphatic rings. The lowest BCUT2D eigenvalue weighted by Gasteiger charge is -2.14. The van der Waals surface area contributed by atoms with Crippen LogP contribution in [-0.2, 0) is 6.42 Å². The van der Waals surface area contributed by atoms with Crippen LogP contribution in [0.1, 0.15) is 38.2 Å². The highest BCUT2D eigenvalue weighted by Crippen LogP contribution is 2.33. The molecule has 1 aromatic rings. The van der Waals surface area contributed by atoms with Crippen molar-refractivity contribution in [3.63, 3.8) is 0 Å². The third kappa shape index (κ3) is 4.29. The van der Waals surface area contributed by atoms with Crippen molar-refractivity contribution in [2.24, 2.45) is 11.7 Å². The molecule has 100 valence electrons. The third-order valence-corrected chi connectivity index (χ3v) is 5.35. The lowest BCUT2D eigenvalue weighted by Crippen LogP contribution is -2.18. The summed E-state index contributed by atoms with van der Waals surface area (Å²) in [5, 5.41) is 0. The van der Waals surface area contributed by atoms with Gasteiger partial charge in [-0.15, -0.1) is 11.8 Å². The Morgan fingerprint density at radius 2 is 2.11 bits per heavy atom. The van der Waals surface area contributed by atoms with Crippen LogP contribution >= 0.6 is 27.7 Å². The summed E-state index contributed by atoms with van der Waals surface area (Å²) in [6.45, 7) is 2.08. The second-order valence-corrected chi connectivity index (χ2v) is 7.37. The zero-order valence-electron chi connectivity index (χ0n) is 11.0. The lowest BCUT2D eigenvalue weighted by molar-refractivity contribution is 0.623. The van der Waals surface area contributed by atoms with E-state index in [-0.39, 0.29) is 6.04 Å². The topological polar surface area (TPSA) is 26.0 Å². The monoisotopic (exact) mass is 327 g/mol. The molecule has 1 fully saturated rings. The number of hydrogen-bond acceptors (Lipinski definition) is 2. The van der Waals surface area contributed by atoms with Crippen molar-refractivity contribution in [3.8, 4) is 0 Å². The summed E-state index contributed by atoms with van der Waals surface area (Å²) in [6.07, 6.45) is 6.67. The largest absolute Gasteiger partial charge is 0.328 e. The molecular formula is C15H22BrNS. The molecule has 0 amide bonds. The number of halogens is 1. The third-order valence-electron chi connectivity index (χ3n) is 3.51. The van der Waals surface area contributed by atoms with Gasteiger partial charge in [0.25, 0.3) is 0 Å². The van der Waals surface area contributed by atoms with E-state index in [1.165, 1.54) is 41.9 Å². The van der Waals surface area contributed by atoms with Gasteiger partial charge < -0.3 is 5.73 Å². The number of benzene rings is 1. The Hall–Kier alpha value is 0.01000. The molecule has 0 heterocycles. The van der Waals surface area contributed by atoms with Gasteiger partial charge >= 0.3 is 0 Å². The molecule has 1 saturated carbocycles. The predicted octanol–water partition coefficient (Wildman–Crippen LogP) is 4.62. The van der Waals surface area contributed by atoms with Crippen molar-refractivity contribution in [3.05, 3.63) is 28.2 Å². The zero-order valence-corrected chi connectivity index (χ0v) is 13.4. The number of hydrogen-bond donors (Lipinski definition) is 1. The van der Waals surface area contributed by atoms with E-state index < -0.39 is 0 Å². The van der Waals surface area contributed by atoms with Gasteiger partial charge in [-0.2, -0.15) is 0 Å². The van der Waals surface area contributed by atoms with Crippen LogP contribution in [0, 0.1) is 5.92 Å². The van der Waals surface area contributed by atoms with Crippen LogP contribution < -0.4 is 5.73 Å². The first-order valence-corrected chi connectivity index (χ1v) is 8.60. The summed E-state index contributed by atoms with van der Waals surface area (Å²) in [6, 6.07) is 6.83. The smallest absolute Gasteiger partial charge is 0.0178 e. The van der Waals surface area contributed by atoms with Gasteiger partial charge in [0.2, 0.25) is 0 Å². The first-order chi connectivity index (χ1) is 8.65. The molecule has 1 atom stereocenters. The zero-order chi connectivity index (χ0) is 13.0. The molecule has 0 aromatic heterocycles. The Morgan fingerprint density at radius 3 is 2.78 bits per heavy atom. The summed E-state index contributed by atoms with van der Waals surface area (Å²) in [5.41, 5.74) is 7.33. The predicted molar refractivity (Wildman–Crippen MR) is 84.2 cm³/mol. The van der Waals surface area contributed by atoms with Crippen LogP contribution in [0.4, 0.5) is 0 Å². The molecule has 18 heavy (non-hydrogen) atoms. The van der Waals surface area contributed by atoms with E-state index in [1.807, 2.05) is 11.8 Å². The van der Waals surface area contributed by atoms with E-state index in [1.54, 1.807) is 0 Å². The maximum Gasteiger partial charge on any atom is 0.0178 e. The van der Waals surface area contributed by atoms with Crippen LogP contribution in [0.25, 0.3) is 0 Å². The molecule has 0 aliphatic heterocycles. The molecule has 1 nitrogen and oxygen atoms in total. The highest BCUT2D eigenvalue weighted by Gasteiger charge is 2.16. The van der Waals surface area contributed by atoms with Crippen molar-refractivity contribution >= 4 is 27.7 Å². The molecule has 0 bridgehead atoms. The number of rotatable bonds is 5. The van der Waals surface area contributed by atoms with Gasteiger partial charge in [0.1, 0.15) is 0 Å². The van der Waals surface area contributed by atoms with Crippen molar-refractivity contribution in [2.75, 3.05) is 5.75 Å². The molecule has 1 unspecified atom stereocenters. The molecule has 0 saturated heterocycles. The van der Waals surface area contributed by atoms with E-state index in [4.69, 9.17) is 5.73 Å². The fourth-order valence-corrected chi connectivity index (χ4v) is 4.23. The van der Waals surface area contributed by atoms with Crippen LogP contribution in [0.3, 0.4) is 0 Å². The van der Waals surface area contributed by atoms with E-state index in [0.29, 0.717) is 0 Å². The second-order valence-electron chi connectivity index (χ2n) is 5.39. The highest BCUT2D eigenvalue weighted by atomic mass is 79.9. The van der Waals surface area contributed by atoms with E-state index in [9.17, 15) is 0 Å². The average Bonchev–Trinajstić information content (AvgIpc) is 2.80. The van der Waals surface area contributed by atoms with Crippen molar-refractivity contribution in [2.45, 2.75) is 50.0 Å². The summed E-state index contributed by atoms with van der Waals surface area (Å²) in [4.78, 5) is 1.42. The fraction of sp³-hybridized carbons (Fsp3) is 0.600. The first kappa shape index (κ1) is 14.4. The molecular weight excluding hydrogens is 306 g/mol. The summed E-state index contributed by atoms with van der Waals surface area (Å²) < 4.78 is 1.16. The van der Waals surface area contributed by atoms with E-state index in [0.717, 1.165) is 16.8 Å². The number of nitrogens with two attached hydrogens (primary N) is 1. The van der Waals surface area contributed by atoms with Gasteiger partial charge in [0.05, 0.1) is 0 Å². The van der Waals surface area contributed by atoms with Gasteiger partial charge in [0.15, 0.2) is 0 Å². The fourth-order valence-electron chi connectivity index (χ4n) is 2.58. The van der Waals surface area contributed by atoms with Gasteiger partial charge in [-0.3, -0.25) is 0 Å². The Bertz CT molecular complexity index is 386. The van der Waals surface area contributed by atoms with Crippen LogP contribution in [0.2, 0.25) is 0 Å². The minimum absolute atomic E-state index is 0.227. The minimum Gasteiger partial charge on any atom is -0.328 e. The summed E-state index contributed by atoms with van der Waals surface area (Å²) >= 11 is 5.57. The Kier molecular flexibility index (Phi) is 5.58. The van der Waals surface area contributed by atoms with Crippen molar-refractivity contribution < 1.29 is 0 Å². The first-order valence-electron chi connectivity index (χ1n) is 6.82. The number of thioether (sulfide) groups is 1. The highest BCUT2D eigenvalue weighted by molar-refractivity contribution is 9.10. The molecule has 1 aliphatic carbocycles. The normalized spacial score (nSPS) is 18.2. The quantitative estimate of drug-likeness (QED) is 0.798. The van der Waals surface area contributed by atoms with Gasteiger partial charge in [0, 0.05) is 21.2 Å². The van der Waals surface area contributed by atoms with E-state index in [2.05, 4.69) is 41.1 Å². The Morgan fingerprint density at radius 1 is 1.39 bits per heavy atom. The summed E-state index contributed by atoms with van der Waals surface area (Å²) in [7, 11) is 0. The maximum absolute atomic E-state index is 5.94. The maximum atomic E-state index is 5.94. The van der Waals surface area contributed by atoms with E-state index >= 15 is 0 Å². The second kappa shape index (κ2) is 6.97. The average molecular weight is 328 g/mol. The van der Waals surface area contributed by atoms with Crippen LogP contribution in [0.5, 0.6) is 0 Å². The standard InChI is InChI=1S/C15H22BrNS/c1-11(17)8-13-9-14(16)6-7-15(13)18-10-12-4-2-3-5-12/h6-7,9,11-12H,2-5,8,10,17H2,1H3. The molecule has 2 N–H and O–H groups in total. The molecule has 0 spiro atoms. The van der Waals surface area contributed by atoms with Gasteiger partial charge in [-0.1, -0.05) is 28.8 Å². The molecule has 2 rings (SSSR count). The molecule has 0 radical (unpaired) electrons.